The number of carbonyl (C=O) groups is 2. The number of nitrogens with zero attached hydrogens (tertiary/aromatic N) is 1. The first kappa shape index (κ1) is 34.2. The Morgan fingerprint density at radius 2 is 1.41 bits per heavy atom. The number of esters is 1. The number of alkyl halides is 3. The number of halogens is 3. The Labute approximate surface area is 268 Å². The topological polar surface area (TPSA) is 58.6 Å². The smallest absolute Gasteiger partial charge is 0.416 e. The van der Waals surface area contributed by atoms with Crippen molar-refractivity contribution >= 4 is 17.6 Å². The number of hydrogen-bond acceptors (Lipinski definition) is 4. The van der Waals surface area contributed by atoms with Crippen LogP contribution in [0.1, 0.15) is 65.7 Å². The van der Waals surface area contributed by atoms with Gasteiger partial charge in [0.2, 0.25) is 0 Å². The Balaban J connectivity index is 0.00000113. The lowest BCUT2D eigenvalue weighted by molar-refractivity contribution is -0.148. The van der Waals surface area contributed by atoms with Crippen LogP contribution in [0, 0.1) is 0 Å². The number of carbonyl (C=O) groups excluding carboxylic acids is 2. The number of benzene rings is 4. The zero-order valence-corrected chi connectivity index (χ0v) is 26.3. The van der Waals surface area contributed by atoms with Gasteiger partial charge in [-0.05, 0) is 98.3 Å². The summed E-state index contributed by atoms with van der Waals surface area (Å²) in [5.74, 6) is -0.290. The van der Waals surface area contributed by atoms with Gasteiger partial charge in [-0.3, -0.25) is 9.69 Å². The van der Waals surface area contributed by atoms with Crippen LogP contribution in [-0.4, -0.2) is 37.0 Å². The molecule has 1 atom stereocenters. The molecule has 1 N–H and O–H groups in total. The molecule has 1 amide bonds. The zero-order valence-electron chi connectivity index (χ0n) is 26.3. The maximum absolute atomic E-state index is 13.2. The highest BCUT2D eigenvalue weighted by atomic mass is 19.4. The molecule has 4 aromatic carbocycles. The monoisotopic (exact) mass is 628 g/mol. The van der Waals surface area contributed by atoms with Crippen LogP contribution in [-0.2, 0) is 15.7 Å². The quantitative estimate of drug-likeness (QED) is 0.164. The summed E-state index contributed by atoms with van der Waals surface area (Å²) in [6.07, 6.45) is 1.34. The van der Waals surface area contributed by atoms with E-state index < -0.39 is 17.8 Å². The molecule has 0 aromatic heterocycles. The van der Waals surface area contributed by atoms with Crippen molar-refractivity contribution in [2.24, 2.45) is 0 Å². The number of rotatable bonds is 7. The van der Waals surface area contributed by atoms with Crippen molar-refractivity contribution < 1.29 is 27.5 Å². The minimum absolute atomic E-state index is 0.264. The third kappa shape index (κ3) is 8.73. The first-order valence-corrected chi connectivity index (χ1v) is 15.3. The lowest BCUT2D eigenvalue weighted by Gasteiger charge is -2.36. The highest BCUT2D eigenvalue weighted by Gasteiger charge is 2.32. The summed E-state index contributed by atoms with van der Waals surface area (Å²) in [5.41, 5.74) is 3.41. The first-order chi connectivity index (χ1) is 22.2. The fourth-order valence-electron chi connectivity index (χ4n) is 5.54. The molecule has 1 fully saturated rings. The number of anilines is 1. The van der Waals surface area contributed by atoms with Gasteiger partial charge in [-0.2, -0.15) is 13.2 Å². The molecule has 240 valence electrons. The summed E-state index contributed by atoms with van der Waals surface area (Å²) in [6, 6.07) is 28.6. The highest BCUT2D eigenvalue weighted by Crippen LogP contribution is 2.34. The fourth-order valence-corrected chi connectivity index (χ4v) is 5.54. The number of likely N-dealkylation sites (tertiary alicyclic amines) is 1. The summed E-state index contributed by atoms with van der Waals surface area (Å²) >= 11 is 0. The molecule has 8 heteroatoms. The van der Waals surface area contributed by atoms with Crippen LogP contribution in [0.2, 0.25) is 0 Å². The summed E-state index contributed by atoms with van der Waals surface area (Å²) in [4.78, 5) is 28.0. The van der Waals surface area contributed by atoms with Crippen LogP contribution >= 0.6 is 0 Å². The van der Waals surface area contributed by atoms with Crippen molar-refractivity contribution in [2.75, 3.05) is 25.5 Å². The summed E-state index contributed by atoms with van der Waals surface area (Å²) in [6.45, 7) is 5.50. The Bertz CT molecular complexity index is 1590. The minimum atomic E-state index is -4.42. The number of allylic oxidation sites excluding steroid dienone is 2. The molecular weight excluding hydrogens is 589 g/mol. The van der Waals surface area contributed by atoms with E-state index in [-0.39, 0.29) is 11.9 Å². The van der Waals surface area contributed by atoms with E-state index in [2.05, 4.69) is 10.2 Å². The second kappa shape index (κ2) is 16.0. The molecular formula is C38H39F3N2O3. The van der Waals surface area contributed by atoms with Gasteiger partial charge in [0.15, 0.2) is 0 Å². The molecule has 0 aliphatic carbocycles. The average Bonchev–Trinajstić information content (AvgIpc) is 3.09. The van der Waals surface area contributed by atoms with E-state index in [1.165, 1.54) is 19.2 Å². The van der Waals surface area contributed by atoms with Gasteiger partial charge in [0.05, 0.1) is 12.7 Å². The number of ether oxygens (including phenoxy) is 1. The molecule has 46 heavy (non-hydrogen) atoms. The largest absolute Gasteiger partial charge is 0.468 e. The molecule has 0 saturated carbocycles. The van der Waals surface area contributed by atoms with E-state index in [9.17, 15) is 22.8 Å². The van der Waals surface area contributed by atoms with Crippen molar-refractivity contribution in [3.63, 3.8) is 0 Å². The van der Waals surface area contributed by atoms with Crippen molar-refractivity contribution in [3.05, 3.63) is 138 Å². The molecule has 4 aromatic rings. The summed E-state index contributed by atoms with van der Waals surface area (Å²) in [5, 5.41) is 2.91. The number of piperidine rings is 1. The third-order valence-electron chi connectivity index (χ3n) is 8.10. The van der Waals surface area contributed by atoms with Gasteiger partial charge in [-0.15, -0.1) is 0 Å². The molecule has 1 aliphatic rings. The van der Waals surface area contributed by atoms with Crippen molar-refractivity contribution in [2.45, 2.75) is 44.8 Å². The van der Waals surface area contributed by atoms with E-state index in [1.54, 1.807) is 24.3 Å². The van der Waals surface area contributed by atoms with E-state index in [0.717, 1.165) is 49.2 Å². The van der Waals surface area contributed by atoms with E-state index >= 15 is 0 Å². The second-order valence-electron chi connectivity index (χ2n) is 11.0. The summed E-state index contributed by atoms with van der Waals surface area (Å²) in [7, 11) is 1.42. The number of methoxy groups -OCH3 is 1. The van der Waals surface area contributed by atoms with Crippen LogP contribution in [0.25, 0.3) is 11.1 Å². The van der Waals surface area contributed by atoms with Gasteiger partial charge in [0, 0.05) is 11.3 Å². The van der Waals surface area contributed by atoms with Crippen LogP contribution < -0.4 is 5.32 Å². The molecule has 1 aliphatic heterocycles. The molecule has 0 radical (unpaired) electrons. The minimum Gasteiger partial charge on any atom is -0.468 e. The van der Waals surface area contributed by atoms with Gasteiger partial charge < -0.3 is 10.1 Å². The molecule has 0 bridgehead atoms. The van der Waals surface area contributed by atoms with Crippen molar-refractivity contribution in [1.82, 2.24) is 4.90 Å². The van der Waals surface area contributed by atoms with E-state index in [4.69, 9.17) is 4.74 Å². The average molecular weight is 629 g/mol. The van der Waals surface area contributed by atoms with E-state index in [1.807, 2.05) is 80.6 Å². The third-order valence-corrected chi connectivity index (χ3v) is 8.10. The molecule has 5 rings (SSSR count). The van der Waals surface area contributed by atoms with Crippen LogP contribution in [0.5, 0.6) is 0 Å². The van der Waals surface area contributed by atoms with Crippen molar-refractivity contribution in [1.29, 1.82) is 0 Å². The van der Waals surface area contributed by atoms with Gasteiger partial charge in [-0.1, -0.05) is 84.9 Å². The van der Waals surface area contributed by atoms with Gasteiger partial charge in [-0.25, -0.2) is 4.79 Å². The number of hydrogen-bond donors (Lipinski definition) is 1. The molecule has 0 unspecified atom stereocenters. The Kier molecular flexibility index (Phi) is 11.9. The SMILES string of the molecule is C/C=C\C.COC(=O)[C@@H](c1ccccc1)N1CCC(c2ccc(NC(=O)c3ccccc3-c3ccc(C(F)(F)F)cc3)cc2)CC1. The molecule has 1 saturated heterocycles. The Hall–Kier alpha value is -4.69. The van der Waals surface area contributed by atoms with E-state index in [0.29, 0.717) is 28.3 Å². The Morgan fingerprint density at radius 1 is 0.826 bits per heavy atom. The molecule has 5 nitrogen and oxygen atoms in total. The van der Waals surface area contributed by atoms with Gasteiger partial charge in [0.1, 0.15) is 6.04 Å². The first-order valence-electron chi connectivity index (χ1n) is 15.3. The molecule has 1 heterocycles. The van der Waals surface area contributed by atoms with Crippen molar-refractivity contribution in [3.8, 4) is 11.1 Å². The number of nitrogens with one attached hydrogen (secondary N) is 1. The highest BCUT2D eigenvalue weighted by molar-refractivity contribution is 6.08. The maximum Gasteiger partial charge on any atom is 0.416 e. The fraction of sp³-hybridized carbons (Fsp3) is 0.263. The normalized spacial score (nSPS) is 14.7. The standard InChI is InChI=1S/C34H31F3N2O3.C4H8/c1-42-33(41)31(26-7-3-2-4-8-26)39-21-19-24(20-22-39)23-13-17-28(18-14-23)38-32(40)30-10-6-5-9-29(30)25-11-15-27(16-12-25)34(35,36)37;1-3-4-2/h2-18,24,31H,19-22H2,1H3,(H,38,40);3-4H,1-2H3/b;4-3-/t31-;/m1./s1. The van der Waals surface area contributed by atoms with Gasteiger partial charge in [0.25, 0.3) is 5.91 Å². The number of amides is 1. The van der Waals surface area contributed by atoms with Crippen LogP contribution in [0.15, 0.2) is 115 Å². The summed E-state index contributed by atoms with van der Waals surface area (Å²) < 4.78 is 44.1. The van der Waals surface area contributed by atoms with Gasteiger partial charge >= 0.3 is 12.1 Å². The van der Waals surface area contributed by atoms with Crippen LogP contribution in [0.4, 0.5) is 18.9 Å². The second-order valence-corrected chi connectivity index (χ2v) is 11.0. The Morgan fingerprint density at radius 3 is 1.98 bits per heavy atom. The maximum atomic E-state index is 13.2. The molecule has 0 spiro atoms. The van der Waals surface area contributed by atoms with Crippen LogP contribution in [0.3, 0.4) is 0 Å². The predicted molar refractivity (Wildman–Crippen MR) is 177 cm³/mol. The lowest BCUT2D eigenvalue weighted by atomic mass is 9.88. The zero-order chi connectivity index (χ0) is 33.1. The lowest BCUT2D eigenvalue weighted by Crippen LogP contribution is -2.40. The predicted octanol–water partition coefficient (Wildman–Crippen LogP) is 9.30.